The molecular weight excluding hydrogens is 284 g/mol. The quantitative estimate of drug-likeness (QED) is 0.584. The smallest absolute Gasteiger partial charge is 0.119 e. The van der Waals surface area contributed by atoms with Gasteiger partial charge in [-0.3, -0.25) is 4.98 Å². The van der Waals surface area contributed by atoms with E-state index < -0.39 is 0 Å². The van der Waals surface area contributed by atoms with Crippen LogP contribution >= 0.6 is 0 Å². The number of nitrogens with one attached hydrogen (secondary N) is 1. The summed E-state index contributed by atoms with van der Waals surface area (Å²) >= 11 is 0. The van der Waals surface area contributed by atoms with E-state index in [0.717, 1.165) is 33.3 Å². The van der Waals surface area contributed by atoms with Crippen molar-refractivity contribution in [2.24, 2.45) is 0 Å². The monoisotopic (exact) mass is 300 g/mol. The van der Waals surface area contributed by atoms with Gasteiger partial charge in [-0.15, -0.1) is 0 Å². The highest BCUT2D eigenvalue weighted by Crippen LogP contribution is 2.32. The van der Waals surface area contributed by atoms with E-state index in [0.29, 0.717) is 0 Å². The van der Waals surface area contributed by atoms with Crippen molar-refractivity contribution in [1.29, 1.82) is 0 Å². The molecule has 0 radical (unpaired) electrons. The van der Waals surface area contributed by atoms with E-state index >= 15 is 0 Å². The van der Waals surface area contributed by atoms with Gasteiger partial charge in [0, 0.05) is 46.2 Å². The maximum absolute atomic E-state index is 5.35. The third-order valence-electron chi connectivity index (χ3n) is 4.05. The van der Waals surface area contributed by atoms with E-state index in [1.807, 2.05) is 48.9 Å². The second kappa shape index (κ2) is 5.61. The largest absolute Gasteiger partial charge is 0.497 e. The number of nitrogens with zero attached hydrogens (tertiary/aromatic N) is 1. The normalized spacial score (nSPS) is 10.8. The topological polar surface area (TPSA) is 37.9 Å². The fourth-order valence-electron chi connectivity index (χ4n) is 2.84. The van der Waals surface area contributed by atoms with Gasteiger partial charge in [0.15, 0.2) is 0 Å². The lowest BCUT2D eigenvalue weighted by Gasteiger charge is -2.05. The number of ether oxygens (including phenoxy) is 1. The minimum absolute atomic E-state index is 0.852. The number of fused-ring (bicyclic) bond motifs is 1. The first-order valence-electron chi connectivity index (χ1n) is 7.51. The van der Waals surface area contributed by atoms with E-state index in [-0.39, 0.29) is 0 Å². The highest BCUT2D eigenvalue weighted by molar-refractivity contribution is 5.96. The number of H-pyrrole nitrogens is 1. The molecule has 23 heavy (non-hydrogen) atoms. The fourth-order valence-corrected chi connectivity index (χ4v) is 2.84. The van der Waals surface area contributed by atoms with Crippen LogP contribution in [0.25, 0.3) is 33.2 Å². The predicted octanol–water partition coefficient (Wildman–Crippen LogP) is 4.91. The molecule has 0 bridgehead atoms. The lowest BCUT2D eigenvalue weighted by Crippen LogP contribution is -1.84. The summed E-state index contributed by atoms with van der Waals surface area (Å²) in [6, 6.07) is 18.5. The van der Waals surface area contributed by atoms with Gasteiger partial charge in [-0.2, -0.15) is 0 Å². The van der Waals surface area contributed by atoms with Crippen LogP contribution in [0.4, 0.5) is 0 Å². The van der Waals surface area contributed by atoms with Crippen molar-refractivity contribution >= 4 is 10.9 Å². The molecule has 2 heterocycles. The standard InChI is InChI=1S/C20H16N2O/c1-23-17-7-8-20-18(10-17)19(13-22-20)16-9-15(11-21-12-16)14-5-3-2-4-6-14/h2-13,22H,1H3. The summed E-state index contributed by atoms with van der Waals surface area (Å²) in [4.78, 5) is 7.74. The van der Waals surface area contributed by atoms with Crippen LogP contribution in [0.2, 0.25) is 0 Å². The number of hydrogen-bond acceptors (Lipinski definition) is 2. The molecule has 0 saturated heterocycles. The Morgan fingerprint density at radius 1 is 0.870 bits per heavy atom. The minimum atomic E-state index is 0.852. The third kappa shape index (κ3) is 2.46. The Hall–Kier alpha value is -3.07. The van der Waals surface area contributed by atoms with Gasteiger partial charge in [0.05, 0.1) is 7.11 Å². The summed E-state index contributed by atoms with van der Waals surface area (Å²) in [5.74, 6) is 0.852. The fraction of sp³-hybridized carbons (Fsp3) is 0.0500. The Bertz CT molecular complexity index is 958. The van der Waals surface area contributed by atoms with Crippen LogP contribution in [0.3, 0.4) is 0 Å². The molecule has 0 fully saturated rings. The minimum Gasteiger partial charge on any atom is -0.497 e. The molecule has 0 aliphatic carbocycles. The van der Waals surface area contributed by atoms with Crippen LogP contribution in [0.5, 0.6) is 5.75 Å². The first-order valence-corrected chi connectivity index (χ1v) is 7.51. The van der Waals surface area contributed by atoms with Gasteiger partial charge in [-0.25, -0.2) is 0 Å². The molecular formula is C20H16N2O. The molecule has 3 heteroatoms. The van der Waals surface area contributed by atoms with E-state index in [1.54, 1.807) is 7.11 Å². The van der Waals surface area contributed by atoms with Crippen molar-refractivity contribution in [3.05, 3.63) is 73.2 Å². The van der Waals surface area contributed by atoms with Gasteiger partial charge >= 0.3 is 0 Å². The molecule has 4 rings (SSSR count). The number of aromatic amines is 1. The van der Waals surface area contributed by atoms with Gasteiger partial charge in [-0.1, -0.05) is 30.3 Å². The van der Waals surface area contributed by atoms with Gasteiger partial charge < -0.3 is 9.72 Å². The third-order valence-corrected chi connectivity index (χ3v) is 4.05. The zero-order valence-corrected chi connectivity index (χ0v) is 12.8. The average Bonchev–Trinajstić information content (AvgIpc) is 3.05. The van der Waals surface area contributed by atoms with E-state index in [2.05, 4.69) is 34.2 Å². The van der Waals surface area contributed by atoms with E-state index in [1.165, 1.54) is 5.56 Å². The van der Waals surface area contributed by atoms with Crippen LogP contribution < -0.4 is 4.74 Å². The molecule has 0 unspecified atom stereocenters. The van der Waals surface area contributed by atoms with Gasteiger partial charge in [0.2, 0.25) is 0 Å². The van der Waals surface area contributed by atoms with Gasteiger partial charge in [0.1, 0.15) is 5.75 Å². The number of aromatic nitrogens is 2. The van der Waals surface area contributed by atoms with Crippen LogP contribution in [0, 0.1) is 0 Å². The number of hydrogen-bond donors (Lipinski definition) is 1. The molecule has 0 amide bonds. The molecule has 2 aromatic carbocycles. The SMILES string of the molecule is COc1ccc2[nH]cc(-c3cncc(-c4ccccc4)c3)c2c1. The first kappa shape index (κ1) is 13.6. The molecule has 0 aliphatic rings. The maximum atomic E-state index is 5.35. The Kier molecular flexibility index (Phi) is 3.31. The van der Waals surface area contributed by atoms with Crippen molar-refractivity contribution in [2.75, 3.05) is 7.11 Å². The number of methoxy groups -OCH3 is 1. The van der Waals surface area contributed by atoms with Crippen molar-refractivity contribution in [3.8, 4) is 28.0 Å². The van der Waals surface area contributed by atoms with Gasteiger partial charge in [-0.05, 0) is 29.8 Å². The highest BCUT2D eigenvalue weighted by atomic mass is 16.5. The molecule has 0 spiro atoms. The molecule has 0 aliphatic heterocycles. The molecule has 2 aromatic heterocycles. The first-order chi connectivity index (χ1) is 11.3. The Balaban J connectivity index is 1.85. The maximum Gasteiger partial charge on any atom is 0.119 e. The summed E-state index contributed by atoms with van der Waals surface area (Å²) in [6.45, 7) is 0. The average molecular weight is 300 g/mol. The molecule has 1 N–H and O–H groups in total. The predicted molar refractivity (Wildman–Crippen MR) is 93.5 cm³/mol. The lowest BCUT2D eigenvalue weighted by atomic mass is 10.0. The van der Waals surface area contributed by atoms with Crippen molar-refractivity contribution in [2.45, 2.75) is 0 Å². The molecule has 3 nitrogen and oxygen atoms in total. The molecule has 4 aromatic rings. The van der Waals surface area contributed by atoms with Crippen LogP contribution in [0.15, 0.2) is 73.2 Å². The lowest BCUT2D eigenvalue weighted by molar-refractivity contribution is 0.415. The highest BCUT2D eigenvalue weighted by Gasteiger charge is 2.09. The number of rotatable bonds is 3. The van der Waals surface area contributed by atoms with E-state index in [4.69, 9.17) is 4.74 Å². The van der Waals surface area contributed by atoms with Crippen molar-refractivity contribution in [1.82, 2.24) is 9.97 Å². The van der Waals surface area contributed by atoms with Crippen LogP contribution in [-0.2, 0) is 0 Å². The zero-order valence-electron chi connectivity index (χ0n) is 12.8. The second-order valence-corrected chi connectivity index (χ2v) is 5.44. The number of pyridine rings is 1. The molecule has 0 atom stereocenters. The van der Waals surface area contributed by atoms with Crippen LogP contribution in [0.1, 0.15) is 0 Å². The Morgan fingerprint density at radius 3 is 2.52 bits per heavy atom. The molecule has 0 saturated carbocycles. The molecule has 112 valence electrons. The van der Waals surface area contributed by atoms with Gasteiger partial charge in [0.25, 0.3) is 0 Å². The van der Waals surface area contributed by atoms with Crippen molar-refractivity contribution in [3.63, 3.8) is 0 Å². The summed E-state index contributed by atoms with van der Waals surface area (Å²) in [7, 11) is 1.69. The summed E-state index contributed by atoms with van der Waals surface area (Å²) < 4.78 is 5.35. The summed E-state index contributed by atoms with van der Waals surface area (Å²) in [5.41, 5.74) is 5.58. The van der Waals surface area contributed by atoms with Crippen LogP contribution in [-0.4, -0.2) is 17.1 Å². The zero-order chi connectivity index (χ0) is 15.6. The van der Waals surface area contributed by atoms with Crippen molar-refractivity contribution < 1.29 is 4.74 Å². The van der Waals surface area contributed by atoms with E-state index in [9.17, 15) is 0 Å². The number of benzene rings is 2. The summed E-state index contributed by atoms with van der Waals surface area (Å²) in [5, 5.41) is 1.14. The Morgan fingerprint density at radius 2 is 1.70 bits per heavy atom. The Labute approximate surface area is 134 Å². The summed E-state index contributed by atoms with van der Waals surface area (Å²) in [6.07, 6.45) is 5.82. The second-order valence-electron chi connectivity index (χ2n) is 5.44.